The zero-order chi connectivity index (χ0) is 15.1. The molecule has 2 amide bonds. The molecular formula is C15H28N2O3. The molecule has 0 radical (unpaired) electrons. The highest BCUT2D eigenvalue weighted by Crippen LogP contribution is 2.22. The first-order valence-corrected chi connectivity index (χ1v) is 7.81. The third-order valence-electron chi connectivity index (χ3n) is 4.38. The molecule has 0 aromatic carbocycles. The number of hydrogen-bond donors (Lipinski definition) is 2. The van der Waals surface area contributed by atoms with E-state index in [4.69, 9.17) is 0 Å². The number of hydrogen-bond acceptors (Lipinski definition) is 2. The second-order valence-corrected chi connectivity index (χ2v) is 5.73. The van der Waals surface area contributed by atoms with Crippen LogP contribution in [0.15, 0.2) is 0 Å². The summed E-state index contributed by atoms with van der Waals surface area (Å²) in [6.45, 7) is 6.37. The van der Waals surface area contributed by atoms with Crippen molar-refractivity contribution in [3.63, 3.8) is 0 Å². The summed E-state index contributed by atoms with van der Waals surface area (Å²) in [5, 5.41) is 12.0. The first-order valence-electron chi connectivity index (χ1n) is 7.81. The lowest BCUT2D eigenvalue weighted by Gasteiger charge is -2.35. The van der Waals surface area contributed by atoms with Crippen molar-refractivity contribution in [2.75, 3.05) is 6.54 Å². The highest BCUT2D eigenvalue weighted by Gasteiger charge is 2.30. The lowest BCUT2D eigenvalue weighted by atomic mass is 9.94. The van der Waals surface area contributed by atoms with Crippen LogP contribution >= 0.6 is 0 Å². The molecule has 0 unspecified atom stereocenters. The van der Waals surface area contributed by atoms with Gasteiger partial charge in [-0.3, -0.25) is 0 Å². The van der Waals surface area contributed by atoms with E-state index in [-0.39, 0.29) is 18.0 Å². The van der Waals surface area contributed by atoms with Crippen LogP contribution in [-0.4, -0.2) is 40.6 Å². The molecule has 5 heteroatoms. The molecule has 0 bridgehead atoms. The average Bonchev–Trinajstić information content (AvgIpc) is 2.45. The molecule has 2 N–H and O–H groups in total. The van der Waals surface area contributed by atoms with Crippen molar-refractivity contribution in [3.05, 3.63) is 0 Å². The minimum absolute atomic E-state index is 0.0680. The smallest absolute Gasteiger partial charge is 0.326 e. The van der Waals surface area contributed by atoms with Crippen LogP contribution < -0.4 is 5.32 Å². The van der Waals surface area contributed by atoms with Gasteiger partial charge >= 0.3 is 12.0 Å². The van der Waals surface area contributed by atoms with Crippen molar-refractivity contribution in [2.24, 2.45) is 5.92 Å². The Morgan fingerprint density at radius 3 is 2.30 bits per heavy atom. The van der Waals surface area contributed by atoms with E-state index in [1.165, 1.54) is 6.42 Å². The zero-order valence-electron chi connectivity index (χ0n) is 12.9. The summed E-state index contributed by atoms with van der Waals surface area (Å²) in [6, 6.07) is -0.766. The van der Waals surface area contributed by atoms with Gasteiger partial charge in [0.15, 0.2) is 0 Å². The number of carboxylic acid groups (broad SMARTS) is 1. The van der Waals surface area contributed by atoms with Gasteiger partial charge in [0.05, 0.1) is 0 Å². The van der Waals surface area contributed by atoms with Crippen LogP contribution in [0.3, 0.4) is 0 Å². The van der Waals surface area contributed by atoms with Crippen LogP contribution in [0, 0.1) is 5.92 Å². The molecule has 0 aromatic rings. The van der Waals surface area contributed by atoms with Gasteiger partial charge in [-0.1, -0.05) is 39.5 Å². The summed E-state index contributed by atoms with van der Waals surface area (Å²) in [7, 11) is 0. The maximum Gasteiger partial charge on any atom is 0.326 e. The fourth-order valence-electron chi connectivity index (χ4n) is 2.86. The molecule has 1 aliphatic carbocycles. The zero-order valence-corrected chi connectivity index (χ0v) is 12.9. The molecule has 0 spiro atoms. The predicted molar refractivity (Wildman–Crippen MR) is 78.7 cm³/mol. The van der Waals surface area contributed by atoms with Gasteiger partial charge in [-0.2, -0.15) is 0 Å². The van der Waals surface area contributed by atoms with Crippen molar-refractivity contribution in [3.8, 4) is 0 Å². The van der Waals surface area contributed by atoms with E-state index in [0.29, 0.717) is 6.54 Å². The average molecular weight is 284 g/mol. The highest BCUT2D eigenvalue weighted by molar-refractivity contribution is 5.83. The lowest BCUT2D eigenvalue weighted by Crippen LogP contribution is -2.53. The van der Waals surface area contributed by atoms with E-state index in [0.717, 1.165) is 32.1 Å². The topological polar surface area (TPSA) is 69.6 Å². The number of rotatable bonds is 6. The largest absolute Gasteiger partial charge is 0.480 e. The van der Waals surface area contributed by atoms with Gasteiger partial charge < -0.3 is 15.3 Å². The Morgan fingerprint density at radius 2 is 1.85 bits per heavy atom. The third-order valence-corrected chi connectivity index (χ3v) is 4.38. The molecule has 116 valence electrons. The molecule has 0 aliphatic heterocycles. The van der Waals surface area contributed by atoms with E-state index in [1.54, 1.807) is 4.90 Å². The van der Waals surface area contributed by atoms with Crippen LogP contribution in [0.25, 0.3) is 0 Å². The van der Waals surface area contributed by atoms with Crippen molar-refractivity contribution in [1.82, 2.24) is 10.2 Å². The molecule has 0 saturated heterocycles. The molecule has 5 nitrogen and oxygen atoms in total. The lowest BCUT2D eigenvalue weighted by molar-refractivity contribution is -0.140. The van der Waals surface area contributed by atoms with Crippen molar-refractivity contribution in [2.45, 2.75) is 71.4 Å². The number of nitrogens with one attached hydrogen (secondary N) is 1. The standard InChI is InChI=1S/C15H28N2O3/c1-4-11(3)13(14(18)19)16-15(20)17(5-2)12-9-7-6-8-10-12/h11-13H,4-10H2,1-3H3,(H,16,20)(H,18,19)/t11-,13-/m0/s1. The molecule has 0 aromatic heterocycles. The monoisotopic (exact) mass is 284 g/mol. The van der Waals surface area contributed by atoms with Crippen molar-refractivity contribution < 1.29 is 14.7 Å². The Labute approximate surface area is 121 Å². The van der Waals surface area contributed by atoms with Crippen LogP contribution in [-0.2, 0) is 4.79 Å². The first kappa shape index (κ1) is 16.8. The first-order chi connectivity index (χ1) is 9.51. The van der Waals surface area contributed by atoms with E-state index >= 15 is 0 Å². The number of aliphatic carboxylic acids is 1. The summed E-state index contributed by atoms with van der Waals surface area (Å²) < 4.78 is 0. The maximum atomic E-state index is 12.4. The molecule has 20 heavy (non-hydrogen) atoms. The van der Waals surface area contributed by atoms with Gasteiger partial charge in [-0.05, 0) is 25.7 Å². The summed E-state index contributed by atoms with van der Waals surface area (Å²) in [6.07, 6.45) is 6.34. The van der Waals surface area contributed by atoms with Gasteiger partial charge in [-0.25, -0.2) is 9.59 Å². The number of amides is 2. The van der Waals surface area contributed by atoms with Gasteiger partial charge in [0.1, 0.15) is 6.04 Å². The summed E-state index contributed by atoms with van der Waals surface area (Å²) in [5.41, 5.74) is 0. The highest BCUT2D eigenvalue weighted by atomic mass is 16.4. The quantitative estimate of drug-likeness (QED) is 0.788. The molecule has 2 atom stereocenters. The second-order valence-electron chi connectivity index (χ2n) is 5.73. The Bertz CT molecular complexity index is 327. The van der Waals surface area contributed by atoms with Crippen LogP contribution in [0.1, 0.15) is 59.3 Å². The van der Waals surface area contributed by atoms with Crippen LogP contribution in [0.5, 0.6) is 0 Å². The third kappa shape index (κ3) is 4.39. The van der Waals surface area contributed by atoms with Crippen LogP contribution in [0.4, 0.5) is 4.79 Å². The predicted octanol–water partition coefficient (Wildman–Crippen LogP) is 2.85. The van der Waals surface area contributed by atoms with Crippen LogP contribution in [0.2, 0.25) is 0 Å². The number of urea groups is 1. The van der Waals surface area contributed by atoms with Gasteiger partial charge in [0, 0.05) is 12.6 Å². The number of carbonyl (C=O) groups is 2. The Balaban J connectivity index is 2.67. The van der Waals surface area contributed by atoms with Gasteiger partial charge in [-0.15, -0.1) is 0 Å². The van der Waals surface area contributed by atoms with E-state index < -0.39 is 12.0 Å². The molecule has 1 saturated carbocycles. The fourth-order valence-corrected chi connectivity index (χ4v) is 2.86. The number of nitrogens with zero attached hydrogens (tertiary/aromatic N) is 1. The van der Waals surface area contributed by atoms with Crippen molar-refractivity contribution in [1.29, 1.82) is 0 Å². The van der Waals surface area contributed by atoms with Gasteiger partial charge in [0.25, 0.3) is 0 Å². The number of carbonyl (C=O) groups excluding carboxylic acids is 1. The van der Waals surface area contributed by atoms with E-state index in [2.05, 4.69) is 5.32 Å². The fraction of sp³-hybridized carbons (Fsp3) is 0.867. The van der Waals surface area contributed by atoms with E-state index in [9.17, 15) is 14.7 Å². The normalized spacial score (nSPS) is 19.1. The summed E-state index contributed by atoms with van der Waals surface area (Å²) in [5.74, 6) is -1.02. The van der Waals surface area contributed by atoms with Crippen molar-refractivity contribution >= 4 is 12.0 Å². The number of carboxylic acids is 1. The summed E-state index contributed by atoms with van der Waals surface area (Å²) in [4.78, 5) is 25.5. The van der Waals surface area contributed by atoms with Gasteiger partial charge in [0.2, 0.25) is 0 Å². The Kier molecular flexibility index (Phi) is 6.82. The SMILES string of the molecule is CC[C@H](C)[C@H](NC(=O)N(CC)C1CCCCC1)C(=O)O. The minimum atomic E-state index is -0.951. The molecule has 1 aliphatic rings. The molecule has 1 fully saturated rings. The molecule has 1 rings (SSSR count). The molecular weight excluding hydrogens is 256 g/mol. The van der Waals surface area contributed by atoms with E-state index in [1.807, 2.05) is 20.8 Å². The Hall–Kier alpha value is -1.26. The Morgan fingerprint density at radius 1 is 1.25 bits per heavy atom. The second kappa shape index (κ2) is 8.12. The molecule has 0 heterocycles. The summed E-state index contributed by atoms with van der Waals surface area (Å²) >= 11 is 0. The maximum absolute atomic E-state index is 12.4. The minimum Gasteiger partial charge on any atom is -0.480 e.